The van der Waals surface area contributed by atoms with Crippen molar-refractivity contribution in [1.82, 2.24) is 5.32 Å². The minimum absolute atomic E-state index is 0.0313. The van der Waals surface area contributed by atoms with Gasteiger partial charge in [-0.05, 0) is 12.5 Å². The molecule has 0 aromatic heterocycles. The van der Waals surface area contributed by atoms with E-state index in [-0.39, 0.29) is 16.6 Å². The Balaban J connectivity index is 2.46. The first-order valence-electron chi connectivity index (χ1n) is 5.32. The first-order chi connectivity index (χ1) is 8.54. The molecule has 0 aliphatic rings. The zero-order valence-electron chi connectivity index (χ0n) is 9.81. The zero-order valence-corrected chi connectivity index (χ0v) is 10.6. The molecule has 1 amide bonds. The molecule has 7 heteroatoms. The maximum absolute atomic E-state index is 10.9. The van der Waals surface area contributed by atoms with Crippen molar-refractivity contribution in [2.75, 3.05) is 13.7 Å². The smallest absolute Gasteiger partial charge is 0.288 e. The Morgan fingerprint density at radius 2 is 2.28 bits per heavy atom. The van der Waals surface area contributed by atoms with Gasteiger partial charge in [0.15, 0.2) is 0 Å². The summed E-state index contributed by atoms with van der Waals surface area (Å²) in [6.45, 7) is 0.349. The second-order valence-corrected chi connectivity index (χ2v) is 3.90. The summed E-state index contributed by atoms with van der Waals surface area (Å²) >= 11 is 5.72. The van der Waals surface area contributed by atoms with Gasteiger partial charge in [-0.25, -0.2) is 0 Å². The maximum atomic E-state index is 10.9. The molecule has 1 rings (SSSR count). The van der Waals surface area contributed by atoms with Crippen LogP contribution in [-0.4, -0.2) is 24.5 Å². The van der Waals surface area contributed by atoms with Crippen LogP contribution in [0.3, 0.4) is 0 Å². The molecule has 0 bridgehead atoms. The molecule has 1 N–H and O–H groups in total. The summed E-state index contributed by atoms with van der Waals surface area (Å²) < 4.78 is 5.33. The van der Waals surface area contributed by atoms with Crippen molar-refractivity contribution >= 4 is 23.2 Å². The van der Waals surface area contributed by atoms with Gasteiger partial charge in [0.25, 0.3) is 5.69 Å². The van der Waals surface area contributed by atoms with Crippen LogP contribution < -0.4 is 10.1 Å². The highest BCUT2D eigenvalue weighted by Crippen LogP contribution is 2.28. The third-order valence-electron chi connectivity index (χ3n) is 2.21. The highest BCUT2D eigenvalue weighted by Gasteiger charge is 2.12. The van der Waals surface area contributed by atoms with Crippen molar-refractivity contribution in [3.63, 3.8) is 0 Å². The summed E-state index contributed by atoms with van der Waals surface area (Å²) in [7, 11) is 1.57. The van der Waals surface area contributed by atoms with Gasteiger partial charge in [-0.2, -0.15) is 0 Å². The highest BCUT2D eigenvalue weighted by atomic mass is 35.5. The standard InChI is InChI=1S/C11H13ClN2O4/c1-13-11(15)3-2-6-18-8-4-5-10(14(16)17)9(12)7-8/h4-5,7H,2-3,6H2,1H3,(H,13,15). The average Bonchev–Trinajstić information content (AvgIpc) is 2.34. The number of nitrogens with zero attached hydrogens (tertiary/aromatic N) is 1. The molecule has 6 nitrogen and oxygen atoms in total. The Kier molecular flexibility index (Phi) is 5.38. The van der Waals surface area contributed by atoms with Crippen molar-refractivity contribution in [1.29, 1.82) is 0 Å². The predicted molar refractivity (Wildman–Crippen MR) is 66.9 cm³/mol. The Morgan fingerprint density at radius 1 is 1.56 bits per heavy atom. The number of benzene rings is 1. The molecule has 0 saturated heterocycles. The predicted octanol–water partition coefficient (Wildman–Crippen LogP) is 2.15. The minimum Gasteiger partial charge on any atom is -0.494 e. The van der Waals surface area contributed by atoms with Gasteiger partial charge in [-0.1, -0.05) is 11.6 Å². The lowest BCUT2D eigenvalue weighted by molar-refractivity contribution is -0.384. The van der Waals surface area contributed by atoms with Crippen LogP contribution in [0.15, 0.2) is 18.2 Å². The molecule has 98 valence electrons. The lowest BCUT2D eigenvalue weighted by Gasteiger charge is -2.06. The molecule has 0 unspecified atom stereocenters. The number of ether oxygens (including phenoxy) is 1. The lowest BCUT2D eigenvalue weighted by Crippen LogP contribution is -2.18. The number of nitro groups is 1. The van der Waals surface area contributed by atoms with Crippen LogP contribution in [0.1, 0.15) is 12.8 Å². The van der Waals surface area contributed by atoms with Crippen LogP contribution in [-0.2, 0) is 4.79 Å². The van der Waals surface area contributed by atoms with E-state index < -0.39 is 4.92 Å². The van der Waals surface area contributed by atoms with E-state index in [4.69, 9.17) is 16.3 Å². The van der Waals surface area contributed by atoms with Gasteiger partial charge in [-0.3, -0.25) is 14.9 Å². The van der Waals surface area contributed by atoms with Gasteiger partial charge < -0.3 is 10.1 Å². The number of amides is 1. The number of carbonyl (C=O) groups excluding carboxylic acids is 1. The molecule has 0 fully saturated rings. The van der Waals surface area contributed by atoms with Gasteiger partial charge >= 0.3 is 0 Å². The molecule has 1 aromatic rings. The molecular weight excluding hydrogens is 260 g/mol. The number of hydrogen-bond acceptors (Lipinski definition) is 4. The maximum Gasteiger partial charge on any atom is 0.288 e. The highest BCUT2D eigenvalue weighted by molar-refractivity contribution is 6.32. The summed E-state index contributed by atoms with van der Waals surface area (Å²) in [6.07, 6.45) is 0.936. The quantitative estimate of drug-likeness (QED) is 0.489. The van der Waals surface area contributed by atoms with E-state index in [0.717, 1.165) is 0 Å². The van der Waals surface area contributed by atoms with Crippen LogP contribution in [0.4, 0.5) is 5.69 Å². The largest absolute Gasteiger partial charge is 0.494 e. The van der Waals surface area contributed by atoms with Gasteiger partial charge in [0, 0.05) is 25.6 Å². The summed E-state index contributed by atoms with van der Waals surface area (Å²) in [5.41, 5.74) is -0.158. The molecule has 1 aromatic carbocycles. The van der Waals surface area contributed by atoms with Crippen LogP contribution >= 0.6 is 11.6 Å². The number of nitrogens with one attached hydrogen (secondary N) is 1. The number of rotatable bonds is 6. The number of nitro benzene ring substituents is 1. The lowest BCUT2D eigenvalue weighted by atomic mass is 10.3. The summed E-state index contributed by atoms with van der Waals surface area (Å²) in [6, 6.07) is 4.15. The second kappa shape index (κ2) is 6.80. The fraction of sp³-hybridized carbons (Fsp3) is 0.364. The van der Waals surface area contributed by atoms with Gasteiger partial charge in [0.2, 0.25) is 5.91 Å². The second-order valence-electron chi connectivity index (χ2n) is 3.50. The molecular formula is C11H13ClN2O4. The van der Waals surface area contributed by atoms with Crippen molar-refractivity contribution in [2.45, 2.75) is 12.8 Å². The van der Waals surface area contributed by atoms with Gasteiger partial charge in [-0.15, -0.1) is 0 Å². The van der Waals surface area contributed by atoms with E-state index in [9.17, 15) is 14.9 Å². The van der Waals surface area contributed by atoms with E-state index in [1.54, 1.807) is 7.05 Å². The SMILES string of the molecule is CNC(=O)CCCOc1ccc([N+](=O)[O-])c(Cl)c1. The fourth-order valence-corrected chi connectivity index (χ4v) is 1.51. The van der Waals surface area contributed by atoms with Crippen LogP contribution in [0.2, 0.25) is 5.02 Å². The van der Waals surface area contributed by atoms with Crippen LogP contribution in [0.25, 0.3) is 0 Å². The third kappa shape index (κ3) is 4.21. The summed E-state index contributed by atoms with van der Waals surface area (Å²) in [5, 5.41) is 13.1. The first kappa shape index (κ1) is 14.2. The van der Waals surface area contributed by atoms with Crippen molar-refractivity contribution in [3.8, 4) is 5.75 Å². The topological polar surface area (TPSA) is 81.5 Å². The third-order valence-corrected chi connectivity index (χ3v) is 2.51. The van der Waals surface area contributed by atoms with Crippen molar-refractivity contribution < 1.29 is 14.5 Å². The summed E-state index contributed by atoms with van der Waals surface area (Å²) in [5.74, 6) is 0.392. The number of hydrogen-bond donors (Lipinski definition) is 1. The average molecular weight is 273 g/mol. The minimum atomic E-state index is -0.558. The molecule has 0 spiro atoms. The number of halogens is 1. The molecule has 18 heavy (non-hydrogen) atoms. The Morgan fingerprint density at radius 3 is 2.83 bits per heavy atom. The molecule has 0 radical (unpaired) electrons. The first-order valence-corrected chi connectivity index (χ1v) is 5.69. The Hall–Kier alpha value is -1.82. The fourth-order valence-electron chi connectivity index (χ4n) is 1.27. The Bertz CT molecular complexity index is 451. The number of carbonyl (C=O) groups is 1. The molecule has 0 saturated carbocycles. The molecule has 0 atom stereocenters. The normalized spacial score (nSPS) is 9.89. The van der Waals surface area contributed by atoms with Crippen molar-refractivity contribution in [3.05, 3.63) is 33.3 Å². The molecule has 0 heterocycles. The monoisotopic (exact) mass is 272 g/mol. The zero-order chi connectivity index (χ0) is 13.5. The Labute approximate surface area is 109 Å². The van der Waals surface area contributed by atoms with E-state index in [0.29, 0.717) is 25.2 Å². The van der Waals surface area contributed by atoms with E-state index in [1.807, 2.05) is 0 Å². The van der Waals surface area contributed by atoms with Crippen LogP contribution in [0.5, 0.6) is 5.75 Å². The van der Waals surface area contributed by atoms with E-state index in [1.165, 1.54) is 18.2 Å². The van der Waals surface area contributed by atoms with E-state index >= 15 is 0 Å². The molecule has 0 aliphatic heterocycles. The van der Waals surface area contributed by atoms with Gasteiger partial charge in [0.05, 0.1) is 11.5 Å². The van der Waals surface area contributed by atoms with E-state index in [2.05, 4.69) is 5.32 Å². The van der Waals surface area contributed by atoms with Crippen LogP contribution in [0, 0.1) is 10.1 Å². The molecule has 0 aliphatic carbocycles. The van der Waals surface area contributed by atoms with Gasteiger partial charge in [0.1, 0.15) is 10.8 Å². The van der Waals surface area contributed by atoms with Crippen molar-refractivity contribution in [2.24, 2.45) is 0 Å². The summed E-state index contributed by atoms with van der Waals surface area (Å²) in [4.78, 5) is 20.9.